The first-order valence-corrected chi connectivity index (χ1v) is 21.7. The van der Waals surface area contributed by atoms with E-state index in [0.29, 0.717) is 0 Å². The molecule has 0 fully saturated rings. The van der Waals surface area contributed by atoms with Gasteiger partial charge < -0.3 is 0 Å². The molecular weight excluding hydrogens is 745 g/mol. The molecule has 0 unspecified atom stereocenters. The molecule has 0 radical (unpaired) electrons. The van der Waals surface area contributed by atoms with Crippen LogP contribution in [0.25, 0.3) is 55.6 Å². The van der Waals surface area contributed by atoms with Crippen LogP contribution in [0.3, 0.4) is 0 Å². The molecule has 0 N–H and O–H groups in total. The summed E-state index contributed by atoms with van der Waals surface area (Å²) in [6.07, 6.45) is 0. The van der Waals surface area contributed by atoms with Gasteiger partial charge in [-0.05, 0) is 100 Å². The van der Waals surface area contributed by atoms with Crippen molar-refractivity contribution in [1.82, 2.24) is 0 Å². The van der Waals surface area contributed by atoms with Crippen molar-refractivity contribution in [3.05, 3.63) is 299 Å². The van der Waals surface area contributed by atoms with Crippen LogP contribution in [0.5, 0.6) is 0 Å². The van der Waals surface area contributed by atoms with Crippen LogP contribution in [0.4, 0.5) is 0 Å². The molecule has 62 heavy (non-hydrogen) atoms. The zero-order valence-corrected chi connectivity index (χ0v) is 34.2. The van der Waals surface area contributed by atoms with Crippen LogP contribution in [0.1, 0.15) is 44.5 Å². The van der Waals surface area contributed by atoms with Crippen molar-refractivity contribution in [1.29, 1.82) is 0 Å². The van der Waals surface area contributed by atoms with Crippen molar-refractivity contribution in [2.45, 2.75) is 10.8 Å². The molecule has 2 aliphatic carbocycles. The highest BCUT2D eigenvalue weighted by Crippen LogP contribution is 2.60. The van der Waals surface area contributed by atoms with E-state index in [1.54, 1.807) is 0 Å². The third kappa shape index (κ3) is 5.20. The minimum absolute atomic E-state index is 0.419. The van der Waals surface area contributed by atoms with Gasteiger partial charge in [0.05, 0.1) is 10.8 Å². The average Bonchev–Trinajstić information content (AvgIpc) is 3.84. The molecule has 0 saturated carbocycles. The summed E-state index contributed by atoms with van der Waals surface area (Å²) in [4.78, 5) is 0. The Kier molecular flexibility index (Phi) is 8.40. The van der Waals surface area contributed by atoms with Gasteiger partial charge in [-0.3, -0.25) is 0 Å². The summed E-state index contributed by atoms with van der Waals surface area (Å²) < 4.78 is 0. The maximum Gasteiger partial charge on any atom is 0.0713 e. The molecule has 12 rings (SSSR count). The molecule has 0 nitrogen and oxygen atoms in total. The van der Waals surface area contributed by atoms with Gasteiger partial charge in [0.25, 0.3) is 0 Å². The fourth-order valence-corrected chi connectivity index (χ4v) is 11.2. The van der Waals surface area contributed by atoms with Crippen LogP contribution in [0.2, 0.25) is 0 Å². The zero-order chi connectivity index (χ0) is 41.1. The summed E-state index contributed by atoms with van der Waals surface area (Å²) in [5, 5.41) is 0. The molecule has 0 aliphatic heterocycles. The van der Waals surface area contributed by atoms with E-state index in [1.807, 2.05) is 0 Å². The van der Waals surface area contributed by atoms with Crippen LogP contribution < -0.4 is 0 Å². The summed E-state index contributed by atoms with van der Waals surface area (Å²) in [5.41, 5.74) is 22.2. The van der Waals surface area contributed by atoms with Crippen molar-refractivity contribution in [2.75, 3.05) is 0 Å². The van der Waals surface area contributed by atoms with Gasteiger partial charge in [-0.2, -0.15) is 0 Å². The summed E-state index contributed by atoms with van der Waals surface area (Å²) >= 11 is 0. The lowest BCUT2D eigenvalue weighted by Crippen LogP contribution is -2.28. The highest BCUT2D eigenvalue weighted by molar-refractivity contribution is 5.97. The minimum Gasteiger partial charge on any atom is -0.0622 e. The Morgan fingerprint density at radius 2 is 0.435 bits per heavy atom. The van der Waals surface area contributed by atoms with Crippen molar-refractivity contribution >= 4 is 0 Å². The van der Waals surface area contributed by atoms with Gasteiger partial charge in [-0.15, -0.1) is 0 Å². The Labute approximate surface area is 364 Å². The molecule has 0 atom stereocenters. The molecule has 0 saturated heterocycles. The zero-order valence-electron chi connectivity index (χ0n) is 34.2. The van der Waals surface area contributed by atoms with E-state index in [9.17, 15) is 0 Å². The quantitative estimate of drug-likeness (QED) is 0.151. The van der Waals surface area contributed by atoms with Gasteiger partial charge in [0, 0.05) is 0 Å². The molecule has 290 valence electrons. The van der Waals surface area contributed by atoms with Crippen molar-refractivity contribution < 1.29 is 0 Å². The number of benzene rings is 10. The molecule has 2 aliphatic rings. The Balaban J connectivity index is 0.936. The van der Waals surface area contributed by atoms with E-state index in [0.717, 1.165) is 0 Å². The Bertz CT molecular complexity index is 2930. The number of hydrogen-bond acceptors (Lipinski definition) is 0. The predicted octanol–water partition coefficient (Wildman–Crippen LogP) is 15.4. The van der Waals surface area contributed by atoms with Crippen LogP contribution in [-0.2, 0) is 10.8 Å². The Morgan fingerprint density at radius 3 is 0.774 bits per heavy atom. The van der Waals surface area contributed by atoms with E-state index >= 15 is 0 Å². The van der Waals surface area contributed by atoms with Crippen LogP contribution in [0, 0.1) is 0 Å². The third-order valence-electron chi connectivity index (χ3n) is 13.7. The smallest absolute Gasteiger partial charge is 0.0622 e. The third-order valence-corrected chi connectivity index (χ3v) is 13.7. The fraction of sp³-hybridized carbons (Fsp3) is 0.0323. The van der Waals surface area contributed by atoms with E-state index in [1.165, 1.54) is 100 Å². The average molecular weight is 787 g/mol. The first-order chi connectivity index (χ1) is 30.8. The van der Waals surface area contributed by atoms with Gasteiger partial charge in [0.2, 0.25) is 0 Å². The first kappa shape index (κ1) is 36.1. The topological polar surface area (TPSA) is 0 Å². The van der Waals surface area contributed by atoms with Crippen LogP contribution in [0.15, 0.2) is 255 Å². The van der Waals surface area contributed by atoms with E-state index in [-0.39, 0.29) is 0 Å². The normalized spacial score (nSPS) is 13.7. The SMILES string of the molecule is c1ccc(C2(c3ccccc3)c3ccccc3-c3c(-c4ccc(-c5ccc(-c6cccc7c6-c6ccccc6C7(c6ccccc6)c6ccccc6)cc5)cc4)cccc32)cc1. The van der Waals surface area contributed by atoms with Crippen LogP contribution >= 0.6 is 0 Å². The lowest BCUT2D eigenvalue weighted by atomic mass is 9.67. The van der Waals surface area contributed by atoms with Crippen molar-refractivity contribution in [2.24, 2.45) is 0 Å². The van der Waals surface area contributed by atoms with Crippen LogP contribution in [-0.4, -0.2) is 0 Å². The first-order valence-electron chi connectivity index (χ1n) is 21.7. The molecule has 10 aromatic carbocycles. The molecule has 0 amide bonds. The van der Waals surface area contributed by atoms with Gasteiger partial charge in [-0.25, -0.2) is 0 Å². The molecular formula is C62H42. The van der Waals surface area contributed by atoms with E-state index < -0.39 is 10.8 Å². The van der Waals surface area contributed by atoms with Gasteiger partial charge in [0.1, 0.15) is 0 Å². The minimum atomic E-state index is -0.419. The standard InChI is InChI=1S/C62H42/c1-5-19-47(20-6-1)61(48-21-7-2-8-22-48)55-31-15-13-27-53(55)59-51(29-17-33-57(59)61)45-39-35-43(36-40-45)44-37-41-46(42-38-44)52-30-18-34-58-60(52)54-28-14-16-32-56(54)62(58,49-23-9-3-10-24-49)50-25-11-4-12-26-50/h1-42H. The second-order valence-electron chi connectivity index (χ2n) is 16.7. The van der Waals surface area contributed by atoms with Gasteiger partial charge in [0.15, 0.2) is 0 Å². The monoisotopic (exact) mass is 786 g/mol. The molecule has 0 spiro atoms. The summed E-state index contributed by atoms with van der Waals surface area (Å²) in [6, 6.07) is 94.3. The molecule has 0 bridgehead atoms. The number of fused-ring (bicyclic) bond motifs is 6. The molecule has 0 heterocycles. The lowest BCUT2D eigenvalue weighted by molar-refractivity contribution is 0.768. The van der Waals surface area contributed by atoms with Crippen molar-refractivity contribution in [3.8, 4) is 55.6 Å². The molecule has 0 aromatic heterocycles. The highest BCUT2D eigenvalue weighted by atomic mass is 14.5. The lowest BCUT2D eigenvalue weighted by Gasteiger charge is -2.34. The molecule has 0 heteroatoms. The van der Waals surface area contributed by atoms with Crippen molar-refractivity contribution in [3.63, 3.8) is 0 Å². The van der Waals surface area contributed by atoms with E-state index in [4.69, 9.17) is 0 Å². The van der Waals surface area contributed by atoms with Gasteiger partial charge >= 0.3 is 0 Å². The summed E-state index contributed by atoms with van der Waals surface area (Å²) in [6.45, 7) is 0. The van der Waals surface area contributed by atoms with E-state index in [2.05, 4.69) is 255 Å². The number of hydrogen-bond donors (Lipinski definition) is 0. The Morgan fingerprint density at radius 1 is 0.177 bits per heavy atom. The maximum atomic E-state index is 2.35. The number of rotatable bonds is 7. The predicted molar refractivity (Wildman–Crippen MR) is 257 cm³/mol. The molecule has 10 aromatic rings. The summed E-state index contributed by atoms with van der Waals surface area (Å²) in [5.74, 6) is 0. The second kappa shape index (κ2) is 14.4. The Hall–Kier alpha value is -7.80. The summed E-state index contributed by atoms with van der Waals surface area (Å²) in [7, 11) is 0. The second-order valence-corrected chi connectivity index (χ2v) is 16.7. The maximum absolute atomic E-state index is 2.35. The largest absolute Gasteiger partial charge is 0.0713 e. The fourth-order valence-electron chi connectivity index (χ4n) is 11.2. The van der Waals surface area contributed by atoms with Gasteiger partial charge in [-0.1, -0.05) is 255 Å². The highest BCUT2D eigenvalue weighted by Gasteiger charge is 2.48.